The highest BCUT2D eigenvalue weighted by molar-refractivity contribution is 5.90. The second kappa shape index (κ2) is 12.4. The van der Waals surface area contributed by atoms with Gasteiger partial charge in [-0.25, -0.2) is 14.8 Å². The van der Waals surface area contributed by atoms with Crippen LogP contribution >= 0.6 is 0 Å². The second-order valence-corrected chi connectivity index (χ2v) is 11.5. The average molecular weight is 608 g/mol. The average Bonchev–Trinajstić information content (AvgIpc) is 3.46. The summed E-state index contributed by atoms with van der Waals surface area (Å²) in [6.45, 7) is 5.74. The number of ether oxygens (including phenoxy) is 2. The minimum absolute atomic E-state index is 0.0919. The van der Waals surface area contributed by atoms with Crippen LogP contribution in [0.3, 0.4) is 0 Å². The van der Waals surface area contributed by atoms with E-state index in [9.17, 15) is 15.0 Å². The molecule has 0 aliphatic heterocycles. The highest BCUT2D eigenvalue weighted by Crippen LogP contribution is 2.35. The molecule has 45 heavy (non-hydrogen) atoms. The van der Waals surface area contributed by atoms with E-state index >= 15 is 0 Å². The first-order chi connectivity index (χ1) is 21.7. The number of hydrogen-bond donors (Lipinski definition) is 3. The maximum absolute atomic E-state index is 11.3. The van der Waals surface area contributed by atoms with Gasteiger partial charge in [-0.05, 0) is 59.2 Å². The van der Waals surface area contributed by atoms with Crippen LogP contribution in [0.1, 0.15) is 59.6 Å². The molecule has 1 fully saturated rings. The van der Waals surface area contributed by atoms with Crippen LogP contribution in [-0.2, 0) is 12.0 Å². The fourth-order valence-electron chi connectivity index (χ4n) is 5.30. The van der Waals surface area contributed by atoms with E-state index in [1.54, 1.807) is 31.5 Å². The maximum atomic E-state index is 11.3. The standard InChI is InChI=1S/C34H33N5O6/c1-20-37-32(39-45-20)31-35-17-29(18-36-31)44-27-11-6-23(7-12-27)34(2,3)22-4-9-26(10-5-22)43-28-15-25(16-28)38-24-8-13-30(33(41)42)21(14-24)19-40/h4-14,17-18,25,28,38,40H,15-16,19H2,1-3H3,(H,41,42)/t25-,28-. The molecule has 0 saturated heterocycles. The predicted octanol–water partition coefficient (Wildman–Crippen LogP) is 6.17. The molecule has 0 amide bonds. The Bertz CT molecular complexity index is 1780. The van der Waals surface area contributed by atoms with E-state index in [0.29, 0.717) is 34.6 Å². The van der Waals surface area contributed by atoms with Crippen molar-refractivity contribution in [2.75, 3.05) is 5.32 Å². The van der Waals surface area contributed by atoms with Crippen molar-refractivity contribution < 1.29 is 29.0 Å². The van der Waals surface area contributed by atoms with Gasteiger partial charge in [0.05, 0.1) is 24.6 Å². The summed E-state index contributed by atoms with van der Waals surface area (Å²) in [4.78, 5) is 24.0. The number of nitrogens with one attached hydrogen (secondary N) is 1. The van der Waals surface area contributed by atoms with Gasteiger partial charge < -0.3 is 29.5 Å². The third-order valence-electron chi connectivity index (χ3n) is 8.02. The molecule has 1 saturated carbocycles. The van der Waals surface area contributed by atoms with E-state index in [2.05, 4.69) is 63.5 Å². The van der Waals surface area contributed by atoms with Gasteiger partial charge in [-0.3, -0.25) is 0 Å². The maximum Gasteiger partial charge on any atom is 0.336 e. The number of aryl methyl sites for hydroxylation is 1. The van der Waals surface area contributed by atoms with Crippen molar-refractivity contribution in [3.05, 3.63) is 107 Å². The Labute approximate surface area is 259 Å². The highest BCUT2D eigenvalue weighted by Gasteiger charge is 2.31. The molecule has 6 rings (SSSR count). The van der Waals surface area contributed by atoms with Crippen molar-refractivity contribution in [1.29, 1.82) is 0 Å². The van der Waals surface area contributed by atoms with Crippen LogP contribution in [0.5, 0.6) is 17.2 Å². The Morgan fingerprint density at radius 3 is 2.16 bits per heavy atom. The van der Waals surface area contributed by atoms with Crippen molar-refractivity contribution in [3.8, 4) is 28.9 Å². The summed E-state index contributed by atoms with van der Waals surface area (Å²) in [5.41, 5.74) is 3.33. The van der Waals surface area contributed by atoms with Gasteiger partial charge in [0.25, 0.3) is 0 Å². The number of anilines is 1. The fourth-order valence-corrected chi connectivity index (χ4v) is 5.30. The topological polar surface area (TPSA) is 153 Å². The Kier molecular flexibility index (Phi) is 8.18. The number of aromatic nitrogens is 4. The number of carboxylic acids is 1. The van der Waals surface area contributed by atoms with Gasteiger partial charge >= 0.3 is 5.97 Å². The van der Waals surface area contributed by atoms with Gasteiger partial charge in [-0.15, -0.1) is 0 Å². The SMILES string of the molecule is Cc1nc(-c2ncc(Oc3ccc(C(C)(C)c4ccc(O[C@H]5C[C@H](Nc6ccc(C(=O)O)c(CO)c6)C5)cc4)cc3)cn2)no1. The summed E-state index contributed by atoms with van der Waals surface area (Å²) in [6.07, 6.45) is 4.89. The van der Waals surface area contributed by atoms with E-state index in [-0.39, 0.29) is 29.7 Å². The van der Waals surface area contributed by atoms with Crippen LogP contribution in [0, 0.1) is 6.92 Å². The molecule has 1 aliphatic rings. The Morgan fingerprint density at radius 2 is 1.58 bits per heavy atom. The molecule has 11 nitrogen and oxygen atoms in total. The first-order valence-corrected chi connectivity index (χ1v) is 14.6. The van der Waals surface area contributed by atoms with E-state index in [1.807, 2.05) is 24.3 Å². The Morgan fingerprint density at radius 1 is 0.933 bits per heavy atom. The smallest absolute Gasteiger partial charge is 0.336 e. The van der Waals surface area contributed by atoms with Gasteiger partial charge in [-0.2, -0.15) is 4.98 Å². The quantitative estimate of drug-likeness (QED) is 0.158. The van der Waals surface area contributed by atoms with Gasteiger partial charge in [0.2, 0.25) is 17.5 Å². The molecule has 11 heteroatoms. The minimum atomic E-state index is -1.05. The van der Waals surface area contributed by atoms with Crippen molar-refractivity contribution in [3.63, 3.8) is 0 Å². The molecule has 3 N–H and O–H groups in total. The van der Waals surface area contributed by atoms with Gasteiger partial charge in [0, 0.05) is 36.9 Å². The summed E-state index contributed by atoms with van der Waals surface area (Å²) < 4.78 is 17.1. The lowest BCUT2D eigenvalue weighted by Gasteiger charge is -2.36. The van der Waals surface area contributed by atoms with E-state index in [4.69, 9.17) is 14.0 Å². The van der Waals surface area contributed by atoms with E-state index in [1.165, 1.54) is 6.07 Å². The van der Waals surface area contributed by atoms with Crippen molar-refractivity contribution in [1.82, 2.24) is 20.1 Å². The summed E-state index contributed by atoms with van der Waals surface area (Å²) in [5.74, 6) is 2.08. The molecule has 2 aromatic heterocycles. The van der Waals surface area contributed by atoms with E-state index in [0.717, 1.165) is 35.4 Å². The number of aliphatic hydroxyl groups excluding tert-OH is 1. The molecule has 0 unspecified atom stereocenters. The van der Waals surface area contributed by atoms with Crippen LogP contribution in [0.4, 0.5) is 5.69 Å². The zero-order valence-corrected chi connectivity index (χ0v) is 25.1. The number of benzene rings is 3. The van der Waals surface area contributed by atoms with Crippen LogP contribution < -0.4 is 14.8 Å². The molecular formula is C34H33N5O6. The number of hydrogen-bond acceptors (Lipinski definition) is 10. The molecule has 0 atom stereocenters. The molecular weight excluding hydrogens is 574 g/mol. The Hall–Kier alpha value is -5.29. The van der Waals surface area contributed by atoms with Gasteiger partial charge in [0.1, 0.15) is 17.6 Å². The fraction of sp³-hybridized carbons (Fsp3) is 0.265. The third-order valence-corrected chi connectivity index (χ3v) is 8.02. The van der Waals surface area contributed by atoms with Gasteiger partial charge in [0.15, 0.2) is 5.75 Å². The number of carboxylic acid groups (broad SMARTS) is 1. The zero-order valence-electron chi connectivity index (χ0n) is 25.1. The van der Waals surface area contributed by atoms with Crippen molar-refractivity contribution in [2.45, 2.75) is 57.8 Å². The minimum Gasteiger partial charge on any atom is -0.490 e. The number of aromatic carboxylic acids is 1. The number of nitrogens with zero attached hydrogens (tertiary/aromatic N) is 4. The molecule has 0 radical (unpaired) electrons. The zero-order chi connectivity index (χ0) is 31.6. The van der Waals surface area contributed by atoms with Crippen LogP contribution in [-0.4, -0.2) is 48.4 Å². The monoisotopic (exact) mass is 607 g/mol. The molecule has 5 aromatic rings. The first-order valence-electron chi connectivity index (χ1n) is 14.6. The normalized spacial score (nSPS) is 16.1. The number of aliphatic hydroxyl groups is 1. The van der Waals surface area contributed by atoms with Crippen molar-refractivity contribution in [2.24, 2.45) is 0 Å². The molecule has 230 valence electrons. The predicted molar refractivity (Wildman–Crippen MR) is 166 cm³/mol. The summed E-state index contributed by atoms with van der Waals surface area (Å²) in [6, 6.07) is 21.3. The largest absolute Gasteiger partial charge is 0.490 e. The summed E-state index contributed by atoms with van der Waals surface area (Å²) >= 11 is 0. The lowest BCUT2D eigenvalue weighted by Crippen LogP contribution is -2.42. The lowest BCUT2D eigenvalue weighted by molar-refractivity contribution is 0.0693. The van der Waals surface area contributed by atoms with Crippen LogP contribution in [0.2, 0.25) is 0 Å². The lowest BCUT2D eigenvalue weighted by atomic mass is 9.78. The molecule has 0 bridgehead atoms. The molecule has 3 aromatic carbocycles. The number of carbonyl (C=O) groups is 1. The molecule has 2 heterocycles. The third kappa shape index (κ3) is 6.63. The van der Waals surface area contributed by atoms with Crippen LogP contribution in [0.15, 0.2) is 83.6 Å². The molecule has 1 aliphatic carbocycles. The van der Waals surface area contributed by atoms with E-state index < -0.39 is 5.97 Å². The first kappa shape index (κ1) is 29.8. The molecule has 0 spiro atoms. The summed E-state index contributed by atoms with van der Waals surface area (Å²) in [5, 5.41) is 26.0. The number of rotatable bonds is 11. The highest BCUT2D eigenvalue weighted by atomic mass is 16.5. The van der Waals surface area contributed by atoms with Crippen molar-refractivity contribution >= 4 is 11.7 Å². The van der Waals surface area contributed by atoms with Gasteiger partial charge in [-0.1, -0.05) is 43.3 Å². The second-order valence-electron chi connectivity index (χ2n) is 11.5. The Balaban J connectivity index is 1.01. The summed E-state index contributed by atoms with van der Waals surface area (Å²) in [7, 11) is 0. The van der Waals surface area contributed by atoms with Crippen LogP contribution in [0.25, 0.3) is 11.6 Å².